The molecular weight excluding hydrogens is 324 g/mol. The summed E-state index contributed by atoms with van der Waals surface area (Å²) in [5.41, 5.74) is 1.15. The minimum atomic E-state index is -0.251. The Bertz CT molecular complexity index is 843. The van der Waals surface area contributed by atoms with Gasteiger partial charge in [0.15, 0.2) is 0 Å². The zero-order valence-corrected chi connectivity index (χ0v) is 13.3. The number of carbonyl (C=O) groups is 1. The van der Waals surface area contributed by atoms with Crippen LogP contribution in [0.4, 0.5) is 5.69 Å². The molecule has 0 fully saturated rings. The Morgan fingerprint density at radius 1 is 1.32 bits per heavy atom. The molecule has 8 heteroatoms. The van der Waals surface area contributed by atoms with Crippen molar-refractivity contribution in [2.45, 2.75) is 13.8 Å². The fraction of sp³-hybridized carbons (Fsp3) is 0.143. The second-order valence-electron chi connectivity index (χ2n) is 4.53. The van der Waals surface area contributed by atoms with Crippen LogP contribution in [0.25, 0.3) is 10.8 Å². The Morgan fingerprint density at radius 2 is 2.14 bits per heavy atom. The largest absolute Gasteiger partial charge is 0.420 e. The van der Waals surface area contributed by atoms with Crippen LogP contribution in [0.15, 0.2) is 28.8 Å². The molecule has 0 aliphatic carbocycles. The van der Waals surface area contributed by atoms with Crippen molar-refractivity contribution in [3.63, 3.8) is 0 Å². The molecule has 0 saturated heterocycles. The lowest BCUT2D eigenvalue weighted by Gasteiger charge is -2.04. The molecule has 0 aliphatic heterocycles. The molecule has 0 bridgehead atoms. The van der Waals surface area contributed by atoms with Gasteiger partial charge in [-0.1, -0.05) is 11.6 Å². The molecule has 112 valence electrons. The van der Waals surface area contributed by atoms with Crippen LogP contribution in [-0.4, -0.2) is 21.1 Å². The van der Waals surface area contributed by atoms with Gasteiger partial charge >= 0.3 is 0 Å². The number of aryl methyl sites for hydroxylation is 2. The third-order valence-electron chi connectivity index (χ3n) is 2.89. The monoisotopic (exact) mass is 334 g/mol. The first-order chi connectivity index (χ1) is 10.5. The predicted molar refractivity (Wildman–Crippen MR) is 84.3 cm³/mol. The molecule has 0 aliphatic rings. The number of hydrogen-bond acceptors (Lipinski definition) is 6. The van der Waals surface area contributed by atoms with Gasteiger partial charge in [0.1, 0.15) is 5.15 Å². The topological polar surface area (TPSA) is 80.9 Å². The van der Waals surface area contributed by atoms with Crippen LogP contribution >= 0.6 is 22.9 Å². The third kappa shape index (κ3) is 3.00. The van der Waals surface area contributed by atoms with Crippen LogP contribution in [0.1, 0.15) is 21.1 Å². The maximum atomic E-state index is 12.2. The van der Waals surface area contributed by atoms with Gasteiger partial charge in [0, 0.05) is 23.6 Å². The van der Waals surface area contributed by atoms with E-state index >= 15 is 0 Å². The number of nitrogens with zero attached hydrogens (tertiary/aromatic N) is 3. The molecular formula is C14H11ClN4O2S. The van der Waals surface area contributed by atoms with Gasteiger partial charge in [0.05, 0.1) is 10.6 Å². The third-order valence-corrected chi connectivity index (χ3v) is 4.14. The molecule has 0 unspecified atom stereocenters. The number of nitrogens with one attached hydrogen (secondary N) is 1. The highest BCUT2D eigenvalue weighted by Crippen LogP contribution is 2.33. The Kier molecular flexibility index (Phi) is 3.91. The summed E-state index contributed by atoms with van der Waals surface area (Å²) in [6.45, 7) is 3.64. The molecule has 3 aromatic rings. The minimum Gasteiger partial charge on any atom is -0.420 e. The first-order valence-electron chi connectivity index (χ1n) is 6.37. The number of pyridine rings is 1. The molecule has 0 atom stereocenters. The van der Waals surface area contributed by atoms with E-state index in [-0.39, 0.29) is 11.1 Å². The number of anilines is 1. The number of carbonyl (C=O) groups excluding carboxylic acids is 1. The number of halogens is 1. The number of rotatable bonds is 3. The Balaban J connectivity index is 1.84. The highest BCUT2D eigenvalue weighted by Gasteiger charge is 2.15. The zero-order valence-electron chi connectivity index (χ0n) is 11.8. The van der Waals surface area contributed by atoms with E-state index in [9.17, 15) is 4.79 Å². The number of amides is 1. The van der Waals surface area contributed by atoms with E-state index in [2.05, 4.69) is 20.5 Å². The lowest BCUT2D eigenvalue weighted by atomic mass is 10.2. The summed E-state index contributed by atoms with van der Waals surface area (Å²) in [7, 11) is 0. The van der Waals surface area contributed by atoms with Gasteiger partial charge < -0.3 is 9.73 Å². The van der Waals surface area contributed by atoms with Gasteiger partial charge in [-0.15, -0.1) is 21.5 Å². The summed E-state index contributed by atoms with van der Waals surface area (Å²) < 4.78 is 5.39. The van der Waals surface area contributed by atoms with Crippen LogP contribution in [0, 0.1) is 13.8 Å². The van der Waals surface area contributed by atoms with Crippen molar-refractivity contribution in [1.29, 1.82) is 0 Å². The van der Waals surface area contributed by atoms with Crippen molar-refractivity contribution < 1.29 is 9.21 Å². The lowest BCUT2D eigenvalue weighted by molar-refractivity contribution is 0.102. The summed E-state index contributed by atoms with van der Waals surface area (Å²) >= 11 is 7.26. The van der Waals surface area contributed by atoms with Crippen LogP contribution in [-0.2, 0) is 0 Å². The molecule has 3 heterocycles. The van der Waals surface area contributed by atoms with Crippen molar-refractivity contribution in [2.75, 3.05) is 5.32 Å². The second kappa shape index (κ2) is 5.86. The summed E-state index contributed by atoms with van der Waals surface area (Å²) in [6.07, 6.45) is 1.49. The number of thiophene rings is 1. The first-order valence-corrected chi connectivity index (χ1v) is 7.56. The first kappa shape index (κ1) is 14.7. The van der Waals surface area contributed by atoms with Crippen molar-refractivity contribution in [3.8, 4) is 10.8 Å². The van der Waals surface area contributed by atoms with Crippen molar-refractivity contribution >= 4 is 34.5 Å². The molecule has 3 aromatic heterocycles. The standard InChI is InChI=1S/C14H11ClN4O2S/c1-7-10(6-11(22-7)14-19-18-8(2)21-14)17-13(20)9-3-4-16-12(15)5-9/h3-6H,1-2H3,(H,17,20). The predicted octanol–water partition coefficient (Wildman–Crippen LogP) is 3.72. The van der Waals surface area contributed by atoms with Gasteiger partial charge in [-0.2, -0.15) is 0 Å². The smallest absolute Gasteiger partial charge is 0.257 e. The number of hydrogen-bond donors (Lipinski definition) is 1. The highest BCUT2D eigenvalue weighted by molar-refractivity contribution is 7.15. The summed E-state index contributed by atoms with van der Waals surface area (Å²) in [6, 6.07) is 4.93. The van der Waals surface area contributed by atoms with Crippen LogP contribution in [0.3, 0.4) is 0 Å². The molecule has 0 spiro atoms. The van der Waals surface area contributed by atoms with E-state index in [4.69, 9.17) is 16.0 Å². The molecule has 0 radical (unpaired) electrons. The maximum absolute atomic E-state index is 12.2. The van der Waals surface area contributed by atoms with Gasteiger partial charge in [-0.25, -0.2) is 4.98 Å². The van der Waals surface area contributed by atoms with Crippen molar-refractivity contribution in [1.82, 2.24) is 15.2 Å². The van der Waals surface area contributed by atoms with E-state index < -0.39 is 0 Å². The fourth-order valence-corrected chi connectivity index (χ4v) is 2.92. The summed E-state index contributed by atoms with van der Waals surface area (Å²) in [5, 5.41) is 10.9. The molecule has 3 rings (SSSR count). The fourth-order valence-electron chi connectivity index (χ4n) is 1.85. The molecule has 0 saturated carbocycles. The van der Waals surface area contributed by atoms with E-state index in [0.717, 1.165) is 9.75 Å². The molecule has 1 amide bonds. The summed E-state index contributed by atoms with van der Waals surface area (Å²) in [4.78, 5) is 17.8. The normalized spacial score (nSPS) is 10.7. The van der Waals surface area contributed by atoms with E-state index in [0.29, 0.717) is 23.0 Å². The quantitative estimate of drug-likeness (QED) is 0.738. The van der Waals surface area contributed by atoms with Crippen LogP contribution in [0.5, 0.6) is 0 Å². The van der Waals surface area contributed by atoms with E-state index in [1.54, 1.807) is 13.0 Å². The molecule has 22 heavy (non-hydrogen) atoms. The molecule has 0 aromatic carbocycles. The van der Waals surface area contributed by atoms with E-state index in [1.165, 1.54) is 23.6 Å². The van der Waals surface area contributed by atoms with E-state index in [1.807, 2.05) is 13.0 Å². The maximum Gasteiger partial charge on any atom is 0.257 e. The Hall–Kier alpha value is -2.25. The van der Waals surface area contributed by atoms with Crippen molar-refractivity contribution in [2.24, 2.45) is 0 Å². The van der Waals surface area contributed by atoms with Gasteiger partial charge in [0.25, 0.3) is 11.8 Å². The average molecular weight is 335 g/mol. The molecule has 6 nitrogen and oxygen atoms in total. The van der Waals surface area contributed by atoms with Crippen LogP contribution in [0.2, 0.25) is 5.15 Å². The Labute approximate surface area is 135 Å². The molecule has 1 N–H and O–H groups in total. The van der Waals surface area contributed by atoms with Crippen LogP contribution < -0.4 is 5.32 Å². The van der Waals surface area contributed by atoms with Gasteiger partial charge in [-0.05, 0) is 25.1 Å². The number of aromatic nitrogens is 3. The highest BCUT2D eigenvalue weighted by atomic mass is 35.5. The van der Waals surface area contributed by atoms with Gasteiger partial charge in [0.2, 0.25) is 5.89 Å². The van der Waals surface area contributed by atoms with Gasteiger partial charge in [-0.3, -0.25) is 4.79 Å². The SMILES string of the molecule is Cc1nnc(-c2cc(NC(=O)c3ccnc(Cl)c3)c(C)s2)o1. The zero-order chi connectivity index (χ0) is 15.7. The summed E-state index contributed by atoms with van der Waals surface area (Å²) in [5.74, 6) is 0.689. The average Bonchev–Trinajstić information content (AvgIpc) is 3.06. The van der Waals surface area contributed by atoms with Crippen molar-refractivity contribution in [3.05, 3.63) is 45.9 Å². The second-order valence-corrected chi connectivity index (χ2v) is 6.17. The Morgan fingerprint density at radius 3 is 2.82 bits per heavy atom. The minimum absolute atomic E-state index is 0.251. The lowest BCUT2D eigenvalue weighted by Crippen LogP contribution is -2.12.